The Morgan fingerprint density at radius 2 is 2.04 bits per heavy atom. The summed E-state index contributed by atoms with van der Waals surface area (Å²) in [6, 6.07) is 0.647. The molecule has 0 saturated heterocycles. The minimum atomic E-state index is -1.02. The van der Waals surface area contributed by atoms with E-state index in [-0.39, 0.29) is 29.4 Å². The van der Waals surface area contributed by atoms with Gasteiger partial charge >= 0.3 is 5.97 Å². The molecule has 3 rings (SSSR count). The number of pyridine rings is 1. The van der Waals surface area contributed by atoms with Crippen molar-refractivity contribution >= 4 is 22.8 Å². The lowest BCUT2D eigenvalue weighted by Gasteiger charge is -2.30. The Morgan fingerprint density at radius 3 is 2.70 bits per heavy atom. The second-order valence-corrected chi connectivity index (χ2v) is 7.17. The molecule has 142 valence electrons. The molecule has 0 radical (unpaired) electrons. The van der Waals surface area contributed by atoms with Gasteiger partial charge in [0.2, 0.25) is 0 Å². The van der Waals surface area contributed by atoms with E-state index in [0.29, 0.717) is 5.39 Å². The summed E-state index contributed by atoms with van der Waals surface area (Å²) in [7, 11) is 0. The van der Waals surface area contributed by atoms with E-state index in [4.69, 9.17) is 5.11 Å². The molecular formula is C17H18F2N6O2. The molecule has 3 N–H and O–H groups in total. The van der Waals surface area contributed by atoms with Crippen molar-refractivity contribution in [1.82, 2.24) is 25.1 Å². The van der Waals surface area contributed by atoms with Crippen LogP contribution < -0.4 is 5.32 Å². The van der Waals surface area contributed by atoms with E-state index in [0.717, 1.165) is 12.4 Å². The molecule has 0 aliphatic carbocycles. The van der Waals surface area contributed by atoms with E-state index in [1.807, 2.05) is 20.8 Å². The van der Waals surface area contributed by atoms with Crippen molar-refractivity contribution in [3.63, 3.8) is 0 Å². The SMILES string of the molecule is CC(C)(C)C(CC(=O)O)Nc1nc(-c2[nH]nc3ncc(F)cc23)ncc1F. The Kier molecular flexibility index (Phi) is 4.73. The highest BCUT2D eigenvalue weighted by Crippen LogP contribution is 2.28. The highest BCUT2D eigenvalue weighted by Gasteiger charge is 2.28. The van der Waals surface area contributed by atoms with Crippen LogP contribution in [0.4, 0.5) is 14.6 Å². The summed E-state index contributed by atoms with van der Waals surface area (Å²) >= 11 is 0. The Morgan fingerprint density at radius 1 is 1.30 bits per heavy atom. The molecule has 0 saturated carbocycles. The van der Waals surface area contributed by atoms with Gasteiger partial charge < -0.3 is 10.4 Å². The Bertz CT molecular complexity index is 999. The van der Waals surface area contributed by atoms with Crippen molar-refractivity contribution in [3.05, 3.63) is 30.1 Å². The number of fused-ring (bicyclic) bond motifs is 1. The molecule has 0 aliphatic heterocycles. The molecule has 3 aromatic rings. The molecule has 0 bridgehead atoms. The number of anilines is 1. The number of aromatic amines is 1. The van der Waals surface area contributed by atoms with Crippen molar-refractivity contribution in [2.45, 2.75) is 33.2 Å². The van der Waals surface area contributed by atoms with Crippen molar-refractivity contribution in [2.75, 3.05) is 5.32 Å². The molecule has 0 amide bonds. The van der Waals surface area contributed by atoms with Gasteiger partial charge in [-0.05, 0) is 11.5 Å². The van der Waals surface area contributed by atoms with Gasteiger partial charge in [-0.15, -0.1) is 0 Å². The van der Waals surface area contributed by atoms with Crippen LogP contribution in [0.3, 0.4) is 0 Å². The second kappa shape index (κ2) is 6.86. The van der Waals surface area contributed by atoms with Gasteiger partial charge in [-0.25, -0.2) is 23.7 Å². The Balaban J connectivity index is 2.01. The normalized spacial score (nSPS) is 12.9. The zero-order chi connectivity index (χ0) is 19.8. The average molecular weight is 376 g/mol. The quantitative estimate of drug-likeness (QED) is 0.627. The predicted molar refractivity (Wildman–Crippen MR) is 93.9 cm³/mol. The van der Waals surface area contributed by atoms with Gasteiger partial charge in [-0.1, -0.05) is 20.8 Å². The topological polar surface area (TPSA) is 117 Å². The van der Waals surface area contributed by atoms with E-state index < -0.39 is 29.1 Å². The highest BCUT2D eigenvalue weighted by atomic mass is 19.1. The van der Waals surface area contributed by atoms with Crippen LogP contribution in [0.5, 0.6) is 0 Å². The van der Waals surface area contributed by atoms with E-state index in [1.54, 1.807) is 0 Å². The summed E-state index contributed by atoms with van der Waals surface area (Å²) < 4.78 is 27.7. The van der Waals surface area contributed by atoms with Gasteiger partial charge in [-0.2, -0.15) is 5.10 Å². The molecular weight excluding hydrogens is 358 g/mol. The van der Waals surface area contributed by atoms with Crippen LogP contribution in [0.15, 0.2) is 18.5 Å². The van der Waals surface area contributed by atoms with E-state index in [2.05, 4.69) is 30.5 Å². The Hall–Kier alpha value is -3.17. The minimum Gasteiger partial charge on any atom is -0.481 e. The first kappa shape index (κ1) is 18.6. The number of rotatable bonds is 5. The number of aliphatic carboxylic acids is 1. The van der Waals surface area contributed by atoms with Crippen LogP contribution in [0.2, 0.25) is 0 Å². The molecule has 0 aromatic carbocycles. The first-order valence-electron chi connectivity index (χ1n) is 8.16. The van der Waals surface area contributed by atoms with Crippen molar-refractivity contribution in [2.24, 2.45) is 5.41 Å². The van der Waals surface area contributed by atoms with Crippen LogP contribution in [-0.4, -0.2) is 42.3 Å². The van der Waals surface area contributed by atoms with E-state index >= 15 is 0 Å². The van der Waals surface area contributed by atoms with Crippen LogP contribution in [-0.2, 0) is 4.79 Å². The fourth-order valence-corrected chi connectivity index (χ4v) is 2.55. The largest absolute Gasteiger partial charge is 0.481 e. The molecule has 10 heteroatoms. The summed E-state index contributed by atoms with van der Waals surface area (Å²) in [5, 5.41) is 18.9. The molecule has 1 atom stereocenters. The smallest absolute Gasteiger partial charge is 0.305 e. The third-order valence-corrected chi connectivity index (χ3v) is 4.08. The number of aromatic nitrogens is 5. The first-order valence-corrected chi connectivity index (χ1v) is 8.16. The molecule has 1 unspecified atom stereocenters. The molecule has 3 heterocycles. The van der Waals surface area contributed by atoms with E-state index in [9.17, 15) is 13.6 Å². The summed E-state index contributed by atoms with van der Waals surface area (Å²) in [6.45, 7) is 5.51. The average Bonchev–Trinajstić information content (AvgIpc) is 2.98. The van der Waals surface area contributed by atoms with Crippen molar-refractivity contribution in [3.8, 4) is 11.5 Å². The van der Waals surface area contributed by atoms with Crippen LogP contribution in [0, 0.1) is 17.0 Å². The first-order chi connectivity index (χ1) is 12.6. The van der Waals surface area contributed by atoms with Gasteiger partial charge in [-0.3, -0.25) is 9.89 Å². The molecule has 0 aliphatic rings. The fraction of sp³-hybridized carbons (Fsp3) is 0.353. The minimum absolute atomic E-state index is 0.0804. The van der Waals surface area contributed by atoms with E-state index in [1.165, 1.54) is 6.07 Å². The second-order valence-electron chi connectivity index (χ2n) is 7.17. The summed E-state index contributed by atoms with van der Waals surface area (Å²) in [5.41, 5.74) is 0.0850. The molecule has 8 nitrogen and oxygen atoms in total. The Labute approximate surface area is 153 Å². The summed E-state index contributed by atoms with van der Waals surface area (Å²) in [6.07, 6.45) is 1.78. The van der Waals surface area contributed by atoms with Gasteiger partial charge in [0.15, 0.2) is 23.1 Å². The molecule has 0 fully saturated rings. The number of hydrogen-bond donors (Lipinski definition) is 3. The summed E-state index contributed by atoms with van der Waals surface area (Å²) in [4.78, 5) is 23.1. The predicted octanol–water partition coefficient (Wildman–Crippen LogP) is 2.99. The summed E-state index contributed by atoms with van der Waals surface area (Å²) in [5.74, 6) is -2.37. The zero-order valence-corrected chi connectivity index (χ0v) is 14.9. The number of hydrogen-bond acceptors (Lipinski definition) is 6. The monoisotopic (exact) mass is 376 g/mol. The zero-order valence-electron chi connectivity index (χ0n) is 14.9. The lowest BCUT2D eigenvalue weighted by atomic mass is 9.85. The number of nitrogens with one attached hydrogen (secondary N) is 2. The van der Waals surface area contributed by atoms with Gasteiger partial charge in [0.1, 0.15) is 11.5 Å². The molecule has 0 spiro atoms. The van der Waals surface area contributed by atoms with Crippen molar-refractivity contribution < 1.29 is 18.7 Å². The van der Waals surface area contributed by atoms with Gasteiger partial charge in [0.25, 0.3) is 0 Å². The highest BCUT2D eigenvalue weighted by molar-refractivity contribution is 5.88. The maximum atomic E-state index is 14.2. The van der Waals surface area contributed by atoms with Crippen molar-refractivity contribution in [1.29, 1.82) is 0 Å². The van der Waals surface area contributed by atoms with Crippen LogP contribution in [0.25, 0.3) is 22.6 Å². The number of H-pyrrole nitrogens is 1. The van der Waals surface area contributed by atoms with Gasteiger partial charge in [0, 0.05) is 6.04 Å². The third kappa shape index (κ3) is 3.99. The third-order valence-electron chi connectivity index (χ3n) is 4.08. The standard InChI is InChI=1S/C17H18F2N6O2/c1-17(2,3)11(5-12(26)27)22-15-10(19)7-21-16(23-15)13-9-4-8(18)6-20-14(9)25-24-13/h4,6-7,11H,5H2,1-3H3,(H,26,27)(H,20,24,25)(H,21,22,23). The number of nitrogens with zero attached hydrogens (tertiary/aromatic N) is 4. The fourth-order valence-electron chi connectivity index (χ4n) is 2.55. The van der Waals surface area contributed by atoms with Crippen LogP contribution in [0.1, 0.15) is 27.2 Å². The molecule has 27 heavy (non-hydrogen) atoms. The molecule has 3 aromatic heterocycles. The number of carbonyl (C=O) groups is 1. The maximum absolute atomic E-state index is 14.2. The maximum Gasteiger partial charge on any atom is 0.305 e. The number of halogens is 2. The van der Waals surface area contributed by atoms with Gasteiger partial charge in [0.05, 0.1) is 24.2 Å². The number of carboxylic acids is 1. The lowest BCUT2D eigenvalue weighted by Crippen LogP contribution is -2.36. The lowest BCUT2D eigenvalue weighted by molar-refractivity contribution is -0.137. The number of carboxylic acid groups (broad SMARTS) is 1. The van der Waals surface area contributed by atoms with Crippen LogP contribution >= 0.6 is 0 Å².